The molecule has 2 aromatic rings. The van der Waals surface area contributed by atoms with Gasteiger partial charge in [0.05, 0.1) is 5.56 Å². The summed E-state index contributed by atoms with van der Waals surface area (Å²) in [6.07, 6.45) is 0. The summed E-state index contributed by atoms with van der Waals surface area (Å²) < 4.78 is 41.0. The first-order valence-corrected chi connectivity index (χ1v) is 8.76. The molecule has 0 spiro atoms. The van der Waals surface area contributed by atoms with Crippen LogP contribution in [0.2, 0.25) is 0 Å². The third kappa shape index (κ3) is 3.80. The number of benzene rings is 2. The van der Waals surface area contributed by atoms with Crippen molar-refractivity contribution in [1.82, 2.24) is 4.31 Å². The first-order chi connectivity index (χ1) is 11.2. The monoisotopic (exact) mass is 351 g/mol. The Bertz CT molecular complexity index is 835. The average molecular weight is 351 g/mol. The van der Waals surface area contributed by atoms with Gasteiger partial charge in [-0.1, -0.05) is 30.3 Å². The summed E-state index contributed by atoms with van der Waals surface area (Å²) in [5, 5.41) is 9.02. The van der Waals surface area contributed by atoms with Crippen molar-refractivity contribution < 1.29 is 22.7 Å². The van der Waals surface area contributed by atoms with E-state index in [0.717, 1.165) is 28.1 Å². The van der Waals surface area contributed by atoms with Gasteiger partial charge in [0.15, 0.2) is 0 Å². The normalized spacial score (nSPS) is 11.9. The average Bonchev–Trinajstić information content (AvgIpc) is 2.53. The van der Waals surface area contributed by atoms with Gasteiger partial charge in [-0.2, -0.15) is 4.31 Å². The predicted octanol–water partition coefficient (Wildman–Crippen LogP) is 3.12. The van der Waals surface area contributed by atoms with E-state index in [2.05, 4.69) is 0 Å². The summed E-state index contributed by atoms with van der Waals surface area (Å²) in [5.74, 6) is -2.29. The van der Waals surface area contributed by atoms with E-state index in [1.165, 1.54) is 0 Å². The summed E-state index contributed by atoms with van der Waals surface area (Å²) in [4.78, 5) is 10.4. The number of aromatic carboxylic acids is 1. The molecule has 5 nitrogen and oxygen atoms in total. The zero-order chi connectivity index (χ0) is 17.9. The molecule has 1 N–H and O–H groups in total. The number of hydrogen-bond donors (Lipinski definition) is 1. The molecule has 0 atom stereocenters. The van der Waals surface area contributed by atoms with Crippen LogP contribution in [-0.4, -0.2) is 29.8 Å². The minimum atomic E-state index is -4.19. The van der Waals surface area contributed by atoms with Gasteiger partial charge >= 0.3 is 5.97 Å². The van der Waals surface area contributed by atoms with Crippen LogP contribution in [0.1, 0.15) is 29.8 Å². The van der Waals surface area contributed by atoms with Crippen LogP contribution in [0.25, 0.3) is 0 Å². The molecule has 0 saturated carbocycles. The van der Waals surface area contributed by atoms with E-state index >= 15 is 0 Å². The van der Waals surface area contributed by atoms with Crippen molar-refractivity contribution in [3.8, 4) is 0 Å². The lowest BCUT2D eigenvalue weighted by molar-refractivity contribution is 0.0696. The van der Waals surface area contributed by atoms with Gasteiger partial charge in [-0.25, -0.2) is 17.6 Å². The number of sulfonamides is 1. The van der Waals surface area contributed by atoms with E-state index in [4.69, 9.17) is 5.11 Å². The van der Waals surface area contributed by atoms with Crippen molar-refractivity contribution in [3.05, 3.63) is 65.5 Å². The Kier molecular flexibility index (Phi) is 5.36. The molecule has 0 bridgehead atoms. The zero-order valence-electron chi connectivity index (χ0n) is 13.3. The number of nitrogens with zero attached hydrogens (tertiary/aromatic N) is 1. The molecule has 0 amide bonds. The largest absolute Gasteiger partial charge is 0.478 e. The molecule has 0 aliphatic heterocycles. The maximum Gasteiger partial charge on any atom is 0.335 e. The van der Waals surface area contributed by atoms with Crippen molar-refractivity contribution in [1.29, 1.82) is 0 Å². The number of carbonyl (C=O) groups is 1. The highest BCUT2D eigenvalue weighted by Gasteiger charge is 2.30. The summed E-state index contributed by atoms with van der Waals surface area (Å²) in [5.41, 5.74) is 0.475. The van der Waals surface area contributed by atoms with Crippen LogP contribution in [0, 0.1) is 5.82 Å². The lowest BCUT2D eigenvalue weighted by Gasteiger charge is -2.26. The lowest BCUT2D eigenvalue weighted by atomic mass is 10.2. The van der Waals surface area contributed by atoms with E-state index in [0.29, 0.717) is 0 Å². The Labute approximate surface area is 140 Å². The zero-order valence-corrected chi connectivity index (χ0v) is 14.1. The van der Waals surface area contributed by atoms with Crippen LogP contribution < -0.4 is 0 Å². The Morgan fingerprint density at radius 2 is 1.79 bits per heavy atom. The van der Waals surface area contributed by atoms with E-state index in [9.17, 15) is 17.6 Å². The molecule has 0 heterocycles. The minimum absolute atomic E-state index is 0.0670. The van der Waals surface area contributed by atoms with Crippen LogP contribution in [-0.2, 0) is 16.6 Å². The highest BCUT2D eigenvalue weighted by atomic mass is 32.2. The summed E-state index contributed by atoms with van der Waals surface area (Å²) in [6.45, 7) is 3.43. The van der Waals surface area contributed by atoms with Crippen molar-refractivity contribution in [3.63, 3.8) is 0 Å². The second-order valence-corrected chi connectivity index (χ2v) is 7.44. The molecule has 0 aromatic heterocycles. The third-order valence-corrected chi connectivity index (χ3v) is 5.56. The number of carboxylic acid groups (broad SMARTS) is 1. The molecule has 7 heteroatoms. The third-order valence-electron chi connectivity index (χ3n) is 3.52. The highest BCUT2D eigenvalue weighted by Crippen LogP contribution is 2.24. The van der Waals surface area contributed by atoms with Crippen molar-refractivity contribution >= 4 is 16.0 Å². The fraction of sp³-hybridized carbons (Fsp3) is 0.235. The molecule has 128 valence electrons. The molecule has 0 saturated heterocycles. The summed E-state index contributed by atoms with van der Waals surface area (Å²) in [7, 11) is -4.19. The quantitative estimate of drug-likeness (QED) is 0.868. The first kappa shape index (κ1) is 18.1. The Morgan fingerprint density at radius 3 is 2.33 bits per heavy atom. The molecule has 0 aliphatic carbocycles. The van der Waals surface area contributed by atoms with Crippen LogP contribution >= 0.6 is 0 Å². The van der Waals surface area contributed by atoms with Gasteiger partial charge in [0, 0.05) is 12.6 Å². The van der Waals surface area contributed by atoms with Gasteiger partial charge < -0.3 is 5.11 Å². The SMILES string of the molecule is CC(C)N(Cc1ccccc1)S(=O)(=O)c1cc(C(=O)O)ccc1F. The van der Waals surface area contributed by atoms with Gasteiger partial charge in [-0.3, -0.25) is 0 Å². The minimum Gasteiger partial charge on any atom is -0.478 e. The molecule has 24 heavy (non-hydrogen) atoms. The topological polar surface area (TPSA) is 74.7 Å². The number of rotatable bonds is 6. The smallest absolute Gasteiger partial charge is 0.335 e. The number of halogens is 1. The highest BCUT2D eigenvalue weighted by molar-refractivity contribution is 7.89. The maximum atomic E-state index is 14.1. The lowest BCUT2D eigenvalue weighted by Crippen LogP contribution is -2.37. The fourth-order valence-corrected chi connectivity index (χ4v) is 3.99. The van der Waals surface area contributed by atoms with Crippen LogP contribution in [0.15, 0.2) is 53.4 Å². The molecule has 0 fully saturated rings. The molecule has 2 aromatic carbocycles. The van der Waals surface area contributed by atoms with Gasteiger partial charge in [0.2, 0.25) is 10.0 Å². The fourth-order valence-electron chi connectivity index (χ4n) is 2.27. The molecular formula is C17H18FNO4S. The maximum absolute atomic E-state index is 14.1. The predicted molar refractivity (Wildman–Crippen MR) is 87.7 cm³/mol. The van der Waals surface area contributed by atoms with E-state index in [1.807, 2.05) is 6.07 Å². The van der Waals surface area contributed by atoms with Crippen LogP contribution in [0.3, 0.4) is 0 Å². The van der Waals surface area contributed by atoms with Gasteiger partial charge in [-0.15, -0.1) is 0 Å². The van der Waals surface area contributed by atoms with Crippen LogP contribution in [0.5, 0.6) is 0 Å². The summed E-state index contributed by atoms with van der Waals surface area (Å²) >= 11 is 0. The number of carboxylic acids is 1. The summed E-state index contributed by atoms with van der Waals surface area (Å²) in [6, 6.07) is 11.2. The molecule has 2 rings (SSSR count). The molecular weight excluding hydrogens is 333 g/mol. The second kappa shape index (κ2) is 7.11. The van der Waals surface area contributed by atoms with Crippen molar-refractivity contribution in [2.24, 2.45) is 0 Å². The Morgan fingerprint density at radius 1 is 1.17 bits per heavy atom. The standard InChI is InChI=1S/C17H18FNO4S/c1-12(2)19(11-13-6-4-3-5-7-13)24(22,23)16-10-14(17(20)21)8-9-15(16)18/h3-10,12H,11H2,1-2H3,(H,20,21). The molecule has 0 unspecified atom stereocenters. The van der Waals surface area contributed by atoms with Crippen molar-refractivity contribution in [2.45, 2.75) is 31.3 Å². The van der Waals surface area contributed by atoms with Crippen molar-refractivity contribution in [2.75, 3.05) is 0 Å². The van der Waals surface area contributed by atoms with E-state index < -0.39 is 32.7 Å². The van der Waals surface area contributed by atoms with Gasteiger partial charge in [0.25, 0.3) is 0 Å². The number of hydrogen-bond acceptors (Lipinski definition) is 3. The van der Waals surface area contributed by atoms with Gasteiger partial charge in [0.1, 0.15) is 10.7 Å². The van der Waals surface area contributed by atoms with Crippen LogP contribution in [0.4, 0.5) is 4.39 Å². The Balaban J connectivity index is 2.49. The Hall–Kier alpha value is -2.25. The molecule has 0 radical (unpaired) electrons. The van der Waals surface area contributed by atoms with E-state index in [1.54, 1.807) is 38.1 Å². The molecule has 0 aliphatic rings. The second-order valence-electron chi connectivity index (χ2n) is 5.58. The van der Waals surface area contributed by atoms with Gasteiger partial charge in [-0.05, 0) is 37.6 Å². The van der Waals surface area contributed by atoms with E-state index in [-0.39, 0.29) is 12.1 Å². The first-order valence-electron chi connectivity index (χ1n) is 7.32.